The third-order valence-corrected chi connectivity index (χ3v) is 3.29. The topological polar surface area (TPSA) is 35.6 Å². The highest BCUT2D eigenvalue weighted by molar-refractivity contribution is 5.76. The molecule has 0 aromatic heterocycles. The highest BCUT2D eigenvalue weighted by atomic mass is 16.2. The smallest absolute Gasteiger partial charge is 0.223 e. The zero-order chi connectivity index (χ0) is 12.0. The van der Waals surface area contributed by atoms with Gasteiger partial charge in [-0.2, -0.15) is 0 Å². The molecule has 0 saturated carbocycles. The van der Waals surface area contributed by atoms with Crippen molar-refractivity contribution in [2.75, 3.05) is 39.3 Å². The van der Waals surface area contributed by atoms with Crippen LogP contribution in [0.3, 0.4) is 0 Å². The summed E-state index contributed by atoms with van der Waals surface area (Å²) in [4.78, 5) is 16.3. The number of nitrogens with one attached hydrogen (secondary N) is 1. The Kier molecular flexibility index (Phi) is 5.77. The number of amides is 1. The summed E-state index contributed by atoms with van der Waals surface area (Å²) in [6.45, 7) is 12.1. The quantitative estimate of drug-likeness (QED) is 0.696. The maximum atomic E-state index is 11.9. The minimum absolute atomic E-state index is 0.295. The lowest BCUT2D eigenvalue weighted by Gasteiger charge is -2.39. The van der Waals surface area contributed by atoms with Gasteiger partial charge in [0, 0.05) is 38.6 Å². The van der Waals surface area contributed by atoms with E-state index in [1.165, 1.54) is 0 Å². The fraction of sp³-hybridized carbons (Fsp3) is 0.917. The lowest BCUT2D eigenvalue weighted by molar-refractivity contribution is -0.133. The number of rotatable bonds is 5. The molecule has 0 spiro atoms. The average Bonchev–Trinajstić information content (AvgIpc) is 2.29. The third-order valence-electron chi connectivity index (χ3n) is 3.29. The number of carbonyl (C=O) groups excluding carboxylic acids is 1. The lowest BCUT2D eigenvalue weighted by Crippen LogP contribution is -2.53. The highest BCUT2D eigenvalue weighted by Gasteiger charge is 2.24. The molecule has 4 nitrogen and oxygen atoms in total. The molecule has 1 fully saturated rings. The van der Waals surface area contributed by atoms with E-state index in [1.54, 1.807) is 0 Å². The molecule has 0 aromatic rings. The molecule has 16 heavy (non-hydrogen) atoms. The molecule has 1 aliphatic rings. The van der Waals surface area contributed by atoms with Crippen molar-refractivity contribution in [3.63, 3.8) is 0 Å². The molecule has 0 aliphatic carbocycles. The van der Waals surface area contributed by atoms with E-state index in [9.17, 15) is 4.79 Å². The normalized spacial score (nSPS) is 22.4. The summed E-state index contributed by atoms with van der Waals surface area (Å²) < 4.78 is 0. The Morgan fingerprint density at radius 3 is 2.69 bits per heavy atom. The maximum absolute atomic E-state index is 11.9. The number of piperazine rings is 1. The van der Waals surface area contributed by atoms with E-state index >= 15 is 0 Å². The molecule has 1 N–H and O–H groups in total. The van der Waals surface area contributed by atoms with E-state index in [1.807, 2.05) is 4.90 Å². The molecule has 1 amide bonds. The van der Waals surface area contributed by atoms with Crippen molar-refractivity contribution >= 4 is 5.91 Å². The van der Waals surface area contributed by atoms with Gasteiger partial charge < -0.3 is 10.2 Å². The highest BCUT2D eigenvalue weighted by Crippen LogP contribution is 2.09. The van der Waals surface area contributed by atoms with Gasteiger partial charge in [-0.05, 0) is 20.0 Å². The molecule has 0 bridgehead atoms. The number of nitrogens with zero attached hydrogens (tertiary/aromatic N) is 2. The fourth-order valence-corrected chi connectivity index (χ4v) is 2.22. The Morgan fingerprint density at radius 2 is 2.12 bits per heavy atom. The summed E-state index contributed by atoms with van der Waals surface area (Å²) in [6, 6.07) is 0.502. The molecule has 4 heteroatoms. The van der Waals surface area contributed by atoms with E-state index in [4.69, 9.17) is 0 Å². The maximum Gasteiger partial charge on any atom is 0.223 e. The predicted octanol–water partition coefficient (Wildman–Crippen LogP) is 0.539. The van der Waals surface area contributed by atoms with Crippen molar-refractivity contribution in [3.8, 4) is 0 Å². The van der Waals surface area contributed by atoms with Crippen LogP contribution in [0.2, 0.25) is 0 Å². The molecule has 1 saturated heterocycles. The van der Waals surface area contributed by atoms with Crippen molar-refractivity contribution in [1.29, 1.82) is 0 Å². The standard InChI is InChI=1S/C12H25N3O/c1-4-13-7-6-12(16)15-9-8-14(5-2)11(3)10-15/h11,13H,4-10H2,1-3H3. The molecule has 94 valence electrons. The Morgan fingerprint density at radius 1 is 1.38 bits per heavy atom. The molecular formula is C12H25N3O. The van der Waals surface area contributed by atoms with Crippen LogP contribution in [0.15, 0.2) is 0 Å². The third kappa shape index (κ3) is 3.76. The molecule has 1 atom stereocenters. The second-order valence-corrected chi connectivity index (χ2v) is 4.42. The number of likely N-dealkylation sites (N-methyl/N-ethyl adjacent to an activating group) is 1. The second kappa shape index (κ2) is 6.86. The Bertz CT molecular complexity index is 220. The van der Waals surface area contributed by atoms with E-state index < -0.39 is 0 Å². The van der Waals surface area contributed by atoms with Gasteiger partial charge in [-0.3, -0.25) is 9.69 Å². The summed E-state index contributed by atoms with van der Waals surface area (Å²) in [5, 5.41) is 3.19. The zero-order valence-electron chi connectivity index (χ0n) is 10.8. The Labute approximate surface area is 99.0 Å². The van der Waals surface area contributed by atoms with Gasteiger partial charge in [0.25, 0.3) is 0 Å². The van der Waals surface area contributed by atoms with Crippen LogP contribution in [0, 0.1) is 0 Å². The first kappa shape index (κ1) is 13.5. The molecule has 1 rings (SSSR count). The average molecular weight is 227 g/mol. The van der Waals surface area contributed by atoms with Gasteiger partial charge in [0.1, 0.15) is 0 Å². The molecule has 0 aromatic carbocycles. The first-order valence-corrected chi connectivity index (χ1v) is 6.41. The van der Waals surface area contributed by atoms with E-state index in [0.29, 0.717) is 18.4 Å². The van der Waals surface area contributed by atoms with Crippen molar-refractivity contribution < 1.29 is 4.79 Å². The summed E-state index contributed by atoms with van der Waals surface area (Å²) in [5.74, 6) is 0.295. The van der Waals surface area contributed by atoms with Gasteiger partial charge in [-0.1, -0.05) is 13.8 Å². The predicted molar refractivity (Wildman–Crippen MR) is 66.4 cm³/mol. The van der Waals surface area contributed by atoms with Gasteiger partial charge in [0.05, 0.1) is 0 Å². The second-order valence-electron chi connectivity index (χ2n) is 4.42. The van der Waals surface area contributed by atoms with Gasteiger partial charge in [-0.15, -0.1) is 0 Å². The van der Waals surface area contributed by atoms with Gasteiger partial charge in [0.2, 0.25) is 5.91 Å². The lowest BCUT2D eigenvalue weighted by atomic mass is 10.2. The Balaban J connectivity index is 2.30. The van der Waals surface area contributed by atoms with Crippen molar-refractivity contribution in [1.82, 2.24) is 15.1 Å². The molecule has 1 aliphatic heterocycles. The van der Waals surface area contributed by atoms with Crippen LogP contribution in [-0.4, -0.2) is 61.0 Å². The molecule has 1 unspecified atom stereocenters. The van der Waals surface area contributed by atoms with Crippen LogP contribution >= 0.6 is 0 Å². The molecular weight excluding hydrogens is 202 g/mol. The molecule has 0 radical (unpaired) electrons. The van der Waals surface area contributed by atoms with Crippen molar-refractivity contribution in [2.24, 2.45) is 0 Å². The Hall–Kier alpha value is -0.610. The van der Waals surface area contributed by atoms with E-state index in [2.05, 4.69) is 31.0 Å². The number of hydrogen-bond donors (Lipinski definition) is 1. The van der Waals surface area contributed by atoms with Crippen LogP contribution in [0.1, 0.15) is 27.2 Å². The van der Waals surface area contributed by atoms with Crippen molar-refractivity contribution in [2.45, 2.75) is 33.2 Å². The summed E-state index contributed by atoms with van der Waals surface area (Å²) >= 11 is 0. The molecule has 1 heterocycles. The van der Waals surface area contributed by atoms with Gasteiger partial charge in [0.15, 0.2) is 0 Å². The number of hydrogen-bond acceptors (Lipinski definition) is 3. The summed E-state index contributed by atoms with van der Waals surface area (Å²) in [7, 11) is 0. The fourth-order valence-electron chi connectivity index (χ4n) is 2.22. The SMILES string of the molecule is CCNCCC(=O)N1CCN(CC)C(C)C1. The van der Waals surface area contributed by atoms with Crippen LogP contribution in [-0.2, 0) is 4.79 Å². The zero-order valence-corrected chi connectivity index (χ0v) is 10.8. The van der Waals surface area contributed by atoms with Crippen LogP contribution in [0.25, 0.3) is 0 Å². The van der Waals surface area contributed by atoms with E-state index in [-0.39, 0.29) is 0 Å². The van der Waals surface area contributed by atoms with Crippen molar-refractivity contribution in [3.05, 3.63) is 0 Å². The van der Waals surface area contributed by atoms with Crippen LogP contribution < -0.4 is 5.32 Å². The van der Waals surface area contributed by atoms with Gasteiger partial charge >= 0.3 is 0 Å². The first-order chi connectivity index (χ1) is 7.69. The van der Waals surface area contributed by atoms with Crippen LogP contribution in [0.5, 0.6) is 0 Å². The first-order valence-electron chi connectivity index (χ1n) is 6.41. The number of carbonyl (C=O) groups is 1. The van der Waals surface area contributed by atoms with E-state index in [0.717, 1.165) is 39.3 Å². The summed E-state index contributed by atoms with van der Waals surface area (Å²) in [6.07, 6.45) is 0.632. The summed E-state index contributed by atoms with van der Waals surface area (Å²) in [5.41, 5.74) is 0. The monoisotopic (exact) mass is 227 g/mol. The van der Waals surface area contributed by atoms with Gasteiger partial charge in [-0.25, -0.2) is 0 Å². The minimum atomic E-state index is 0.295. The van der Waals surface area contributed by atoms with Crippen LogP contribution in [0.4, 0.5) is 0 Å². The minimum Gasteiger partial charge on any atom is -0.340 e. The largest absolute Gasteiger partial charge is 0.340 e.